The summed E-state index contributed by atoms with van der Waals surface area (Å²) in [5.74, 6) is 0.487. The Kier molecular flexibility index (Phi) is 4.83. The Labute approximate surface area is 152 Å². The smallest absolute Gasteiger partial charge is 0.321 e. The zero-order valence-corrected chi connectivity index (χ0v) is 15.5. The Balaban J connectivity index is 1.68. The number of hydrogen-bond donors (Lipinski definition) is 2. The Morgan fingerprint density at radius 1 is 1.38 bits per heavy atom. The summed E-state index contributed by atoms with van der Waals surface area (Å²) in [6, 6.07) is 5.48. The van der Waals surface area contributed by atoms with Gasteiger partial charge < -0.3 is 5.32 Å². The van der Waals surface area contributed by atoms with Crippen LogP contribution in [-0.4, -0.2) is 34.1 Å². The molecule has 1 saturated carbocycles. The standard InChI is InChI=1S/C19H25N5O2/c1-18(2)8-14(9-19(3,11-18)12-20-13-25)22-17(26)23-16-21-10-15-6-4-5-7-24(15)16/h4-7,10,14H,8-9,11-12H2,1-3H3,(H2,21,22,23,26). The highest BCUT2D eigenvalue weighted by molar-refractivity contribution is 5.88. The SMILES string of the molecule is CC1(C)CC(NC(=O)Nc2ncc3ccccn23)CC(C)(CN=C=O)C1. The lowest BCUT2D eigenvalue weighted by molar-refractivity contribution is 0.0815. The van der Waals surface area contributed by atoms with Crippen molar-refractivity contribution in [3.05, 3.63) is 30.6 Å². The van der Waals surface area contributed by atoms with Crippen molar-refractivity contribution < 1.29 is 9.59 Å². The van der Waals surface area contributed by atoms with Crippen LogP contribution >= 0.6 is 0 Å². The fourth-order valence-corrected chi connectivity index (χ4v) is 4.44. The summed E-state index contributed by atoms with van der Waals surface area (Å²) in [5, 5.41) is 5.89. The number of anilines is 1. The van der Waals surface area contributed by atoms with E-state index in [1.165, 1.54) is 0 Å². The third-order valence-corrected chi connectivity index (χ3v) is 4.97. The molecule has 2 heterocycles. The van der Waals surface area contributed by atoms with Crippen molar-refractivity contribution >= 4 is 23.6 Å². The molecular formula is C19H25N5O2. The van der Waals surface area contributed by atoms with Gasteiger partial charge in [0.05, 0.1) is 18.3 Å². The van der Waals surface area contributed by atoms with Crippen LogP contribution in [0.15, 0.2) is 35.6 Å². The fraction of sp³-hybridized carbons (Fsp3) is 0.526. The van der Waals surface area contributed by atoms with Crippen molar-refractivity contribution in [3.63, 3.8) is 0 Å². The summed E-state index contributed by atoms with van der Waals surface area (Å²) in [7, 11) is 0. The first-order valence-corrected chi connectivity index (χ1v) is 8.84. The van der Waals surface area contributed by atoms with Crippen LogP contribution in [0, 0.1) is 10.8 Å². The van der Waals surface area contributed by atoms with Gasteiger partial charge in [0.15, 0.2) is 0 Å². The number of isocyanates is 1. The number of hydrogen-bond acceptors (Lipinski definition) is 4. The predicted molar refractivity (Wildman–Crippen MR) is 99.9 cm³/mol. The van der Waals surface area contributed by atoms with Crippen molar-refractivity contribution in [1.82, 2.24) is 14.7 Å². The van der Waals surface area contributed by atoms with Crippen LogP contribution in [0.5, 0.6) is 0 Å². The summed E-state index contributed by atoms with van der Waals surface area (Å²) >= 11 is 0. The van der Waals surface area contributed by atoms with Crippen molar-refractivity contribution in [2.24, 2.45) is 15.8 Å². The van der Waals surface area contributed by atoms with E-state index < -0.39 is 0 Å². The first kappa shape index (κ1) is 18.1. The van der Waals surface area contributed by atoms with E-state index in [9.17, 15) is 9.59 Å². The van der Waals surface area contributed by atoms with E-state index in [1.54, 1.807) is 12.3 Å². The molecule has 7 heteroatoms. The summed E-state index contributed by atoms with van der Waals surface area (Å²) in [5.41, 5.74) is 0.849. The van der Waals surface area contributed by atoms with Gasteiger partial charge in [0.25, 0.3) is 0 Å². The molecule has 3 rings (SSSR count). The van der Waals surface area contributed by atoms with Crippen LogP contribution in [-0.2, 0) is 4.79 Å². The van der Waals surface area contributed by atoms with E-state index in [0.29, 0.717) is 12.5 Å². The third kappa shape index (κ3) is 4.11. The monoisotopic (exact) mass is 355 g/mol. The van der Waals surface area contributed by atoms with Crippen molar-refractivity contribution in [3.8, 4) is 0 Å². The molecule has 26 heavy (non-hydrogen) atoms. The Morgan fingerprint density at radius 3 is 2.96 bits per heavy atom. The van der Waals surface area contributed by atoms with Crippen LogP contribution < -0.4 is 10.6 Å². The molecule has 0 bridgehead atoms. The molecule has 0 aliphatic heterocycles. The highest BCUT2D eigenvalue weighted by Gasteiger charge is 2.41. The van der Waals surface area contributed by atoms with Crippen molar-refractivity contribution in [2.75, 3.05) is 11.9 Å². The van der Waals surface area contributed by atoms with Gasteiger partial charge in [-0.25, -0.2) is 19.6 Å². The third-order valence-electron chi connectivity index (χ3n) is 4.97. The second-order valence-corrected chi connectivity index (χ2v) is 8.34. The normalized spacial score (nSPS) is 24.7. The van der Waals surface area contributed by atoms with Gasteiger partial charge in [-0.2, -0.15) is 0 Å². The zero-order valence-electron chi connectivity index (χ0n) is 15.5. The lowest BCUT2D eigenvalue weighted by atomic mass is 9.62. The molecule has 1 aliphatic carbocycles. The zero-order chi connectivity index (χ0) is 18.8. The van der Waals surface area contributed by atoms with Gasteiger partial charge in [-0.3, -0.25) is 9.72 Å². The quantitative estimate of drug-likeness (QED) is 0.651. The summed E-state index contributed by atoms with van der Waals surface area (Å²) in [6.45, 7) is 6.92. The van der Waals surface area contributed by atoms with E-state index in [4.69, 9.17) is 0 Å². The molecule has 0 radical (unpaired) electrons. The number of rotatable bonds is 4. The summed E-state index contributed by atoms with van der Waals surface area (Å²) < 4.78 is 1.83. The van der Waals surface area contributed by atoms with Crippen LogP contribution in [0.3, 0.4) is 0 Å². The van der Waals surface area contributed by atoms with Crippen LogP contribution in [0.25, 0.3) is 5.52 Å². The van der Waals surface area contributed by atoms with E-state index >= 15 is 0 Å². The maximum Gasteiger partial charge on any atom is 0.321 e. The molecule has 0 saturated heterocycles. The van der Waals surface area contributed by atoms with Gasteiger partial charge in [-0.1, -0.05) is 26.8 Å². The second kappa shape index (κ2) is 6.92. The molecule has 138 valence electrons. The van der Waals surface area contributed by atoms with E-state index in [2.05, 4.69) is 41.4 Å². The molecule has 0 aromatic carbocycles. The van der Waals surface area contributed by atoms with Crippen LogP contribution in [0.1, 0.15) is 40.0 Å². The molecule has 1 fully saturated rings. The van der Waals surface area contributed by atoms with E-state index in [1.807, 2.05) is 28.8 Å². The van der Waals surface area contributed by atoms with Crippen molar-refractivity contribution in [1.29, 1.82) is 0 Å². The number of nitrogens with one attached hydrogen (secondary N) is 2. The van der Waals surface area contributed by atoms with Crippen LogP contribution in [0.2, 0.25) is 0 Å². The molecule has 2 unspecified atom stereocenters. The van der Waals surface area contributed by atoms with Crippen molar-refractivity contribution in [2.45, 2.75) is 46.1 Å². The summed E-state index contributed by atoms with van der Waals surface area (Å²) in [4.78, 5) is 31.1. The molecule has 2 amide bonds. The second-order valence-electron chi connectivity index (χ2n) is 8.34. The topological polar surface area (TPSA) is 87.9 Å². The number of pyridine rings is 1. The number of urea groups is 1. The van der Waals surface area contributed by atoms with Gasteiger partial charge in [-0.05, 0) is 42.2 Å². The van der Waals surface area contributed by atoms with E-state index in [-0.39, 0.29) is 22.9 Å². The van der Waals surface area contributed by atoms with Gasteiger partial charge in [-0.15, -0.1) is 0 Å². The lowest BCUT2D eigenvalue weighted by Gasteiger charge is -2.46. The Bertz CT molecular complexity index is 852. The number of nitrogens with zero attached hydrogens (tertiary/aromatic N) is 3. The minimum Gasteiger partial charge on any atom is -0.335 e. The average molecular weight is 355 g/mol. The fourth-order valence-electron chi connectivity index (χ4n) is 4.44. The minimum absolute atomic E-state index is 0.0110. The molecule has 2 atom stereocenters. The maximum absolute atomic E-state index is 12.5. The number of fused-ring (bicyclic) bond motifs is 1. The van der Waals surface area contributed by atoms with Crippen LogP contribution in [0.4, 0.5) is 10.7 Å². The molecule has 2 N–H and O–H groups in total. The Morgan fingerprint density at radius 2 is 2.19 bits per heavy atom. The molecule has 1 aliphatic rings. The number of carbonyl (C=O) groups excluding carboxylic acids is 2. The highest BCUT2D eigenvalue weighted by atomic mass is 16.2. The molecular weight excluding hydrogens is 330 g/mol. The number of imidazole rings is 1. The predicted octanol–water partition coefficient (Wildman–Crippen LogP) is 3.38. The average Bonchev–Trinajstić information content (AvgIpc) is 2.94. The number of amides is 2. The number of carbonyl (C=O) groups is 1. The Hall–Kier alpha value is -2.66. The van der Waals surface area contributed by atoms with Gasteiger partial charge >= 0.3 is 6.03 Å². The molecule has 0 spiro atoms. The first-order valence-electron chi connectivity index (χ1n) is 8.84. The lowest BCUT2D eigenvalue weighted by Crippen LogP contribution is -2.49. The van der Waals surface area contributed by atoms with Gasteiger partial charge in [0.1, 0.15) is 0 Å². The number of aromatic nitrogens is 2. The van der Waals surface area contributed by atoms with E-state index in [0.717, 1.165) is 24.8 Å². The maximum atomic E-state index is 12.5. The van der Waals surface area contributed by atoms with Gasteiger partial charge in [0, 0.05) is 12.2 Å². The van der Waals surface area contributed by atoms with Gasteiger partial charge in [0.2, 0.25) is 12.0 Å². The first-order chi connectivity index (χ1) is 12.3. The molecule has 2 aromatic heterocycles. The number of aliphatic imine (C=N–C) groups is 1. The minimum atomic E-state index is -0.273. The summed E-state index contributed by atoms with van der Waals surface area (Å²) in [6.07, 6.45) is 7.82. The largest absolute Gasteiger partial charge is 0.335 e. The molecule has 7 nitrogen and oxygen atoms in total. The highest BCUT2D eigenvalue weighted by Crippen LogP contribution is 2.46. The molecule has 2 aromatic rings.